The van der Waals surface area contributed by atoms with Crippen LogP contribution in [0, 0.1) is 25.2 Å². The van der Waals surface area contributed by atoms with Crippen LogP contribution in [-0.2, 0) is 4.79 Å². The average Bonchev–Trinajstić information content (AvgIpc) is 2.61. The van der Waals surface area contributed by atoms with Gasteiger partial charge in [-0.05, 0) is 87.5 Å². The molecular formula is C21H20Br2N2O2. The van der Waals surface area contributed by atoms with Crippen molar-refractivity contribution in [2.75, 3.05) is 11.9 Å². The van der Waals surface area contributed by atoms with Crippen molar-refractivity contribution in [1.82, 2.24) is 0 Å². The predicted octanol–water partition coefficient (Wildman–Crippen LogP) is 6.16. The van der Waals surface area contributed by atoms with E-state index in [1.165, 1.54) is 0 Å². The average molecular weight is 492 g/mol. The SMILES string of the molecule is CCCOc1c(Br)cc(/C=C(\C#N)C(=O)Nc2ccc(C)cc2C)cc1Br. The second-order valence-corrected chi connectivity index (χ2v) is 7.81. The first-order chi connectivity index (χ1) is 12.8. The molecule has 0 bridgehead atoms. The minimum Gasteiger partial charge on any atom is -0.491 e. The van der Waals surface area contributed by atoms with E-state index >= 15 is 0 Å². The summed E-state index contributed by atoms with van der Waals surface area (Å²) in [4.78, 5) is 12.5. The largest absolute Gasteiger partial charge is 0.491 e. The number of hydrogen-bond donors (Lipinski definition) is 1. The number of carbonyl (C=O) groups is 1. The third kappa shape index (κ3) is 5.69. The molecule has 1 N–H and O–H groups in total. The Morgan fingerprint density at radius 3 is 2.44 bits per heavy atom. The summed E-state index contributed by atoms with van der Waals surface area (Å²) in [7, 11) is 0. The van der Waals surface area contributed by atoms with Crippen LogP contribution in [0.2, 0.25) is 0 Å². The molecule has 2 rings (SSSR count). The van der Waals surface area contributed by atoms with Crippen LogP contribution in [0.1, 0.15) is 30.0 Å². The zero-order valence-corrected chi connectivity index (χ0v) is 18.6. The Morgan fingerprint density at radius 1 is 1.22 bits per heavy atom. The molecule has 0 heterocycles. The Morgan fingerprint density at radius 2 is 1.89 bits per heavy atom. The molecule has 2 aromatic rings. The third-order valence-corrected chi connectivity index (χ3v) is 4.96. The molecule has 140 valence electrons. The van der Waals surface area contributed by atoms with Crippen LogP contribution >= 0.6 is 31.9 Å². The van der Waals surface area contributed by atoms with Crippen molar-refractivity contribution in [3.05, 3.63) is 61.5 Å². The van der Waals surface area contributed by atoms with Gasteiger partial charge in [0.05, 0.1) is 15.6 Å². The van der Waals surface area contributed by atoms with Crippen LogP contribution in [0.3, 0.4) is 0 Å². The number of nitriles is 1. The Kier molecular flexibility index (Phi) is 7.64. The van der Waals surface area contributed by atoms with Gasteiger partial charge in [0.1, 0.15) is 17.4 Å². The van der Waals surface area contributed by atoms with Gasteiger partial charge >= 0.3 is 0 Å². The summed E-state index contributed by atoms with van der Waals surface area (Å²) < 4.78 is 7.20. The van der Waals surface area contributed by atoms with Gasteiger partial charge in [-0.1, -0.05) is 24.6 Å². The normalized spacial score (nSPS) is 11.0. The fourth-order valence-electron chi connectivity index (χ4n) is 2.46. The van der Waals surface area contributed by atoms with Gasteiger partial charge in [-0.2, -0.15) is 5.26 Å². The van der Waals surface area contributed by atoms with Crippen LogP contribution in [0.4, 0.5) is 5.69 Å². The number of halogens is 2. The van der Waals surface area contributed by atoms with Gasteiger partial charge in [-0.3, -0.25) is 4.79 Å². The summed E-state index contributed by atoms with van der Waals surface area (Å²) >= 11 is 6.96. The molecule has 6 heteroatoms. The highest BCUT2D eigenvalue weighted by Gasteiger charge is 2.13. The van der Waals surface area contributed by atoms with E-state index in [0.717, 1.165) is 26.5 Å². The molecule has 0 aromatic heterocycles. The molecule has 0 fully saturated rings. The Hall–Kier alpha value is -2.10. The second-order valence-electron chi connectivity index (χ2n) is 6.10. The highest BCUT2D eigenvalue weighted by Crippen LogP contribution is 2.35. The lowest BCUT2D eigenvalue weighted by Crippen LogP contribution is -2.14. The molecule has 0 saturated heterocycles. The molecule has 4 nitrogen and oxygen atoms in total. The Balaban J connectivity index is 2.27. The molecule has 0 radical (unpaired) electrons. The summed E-state index contributed by atoms with van der Waals surface area (Å²) in [5.74, 6) is 0.259. The van der Waals surface area contributed by atoms with E-state index in [1.807, 2.05) is 57.2 Å². The van der Waals surface area contributed by atoms with Gasteiger partial charge in [0, 0.05) is 5.69 Å². The minimum atomic E-state index is -0.442. The van der Waals surface area contributed by atoms with E-state index in [0.29, 0.717) is 23.6 Å². The number of carbonyl (C=O) groups excluding carboxylic acids is 1. The quantitative estimate of drug-likeness (QED) is 0.388. The summed E-state index contributed by atoms with van der Waals surface area (Å²) in [6.45, 7) is 6.55. The number of aryl methyl sites for hydroxylation is 2. The summed E-state index contributed by atoms with van der Waals surface area (Å²) in [5, 5.41) is 12.2. The van der Waals surface area contributed by atoms with Crippen molar-refractivity contribution >= 4 is 49.5 Å². The molecule has 0 unspecified atom stereocenters. The van der Waals surface area contributed by atoms with Crippen LogP contribution < -0.4 is 10.1 Å². The highest BCUT2D eigenvalue weighted by atomic mass is 79.9. The molecule has 0 spiro atoms. The Labute approximate surface area is 176 Å². The number of ether oxygens (including phenoxy) is 1. The minimum absolute atomic E-state index is 0.0241. The van der Waals surface area contributed by atoms with Gasteiger partial charge in [0.2, 0.25) is 0 Å². The van der Waals surface area contributed by atoms with Crippen molar-refractivity contribution in [3.63, 3.8) is 0 Å². The summed E-state index contributed by atoms with van der Waals surface area (Å²) in [5.41, 5.74) is 3.49. The fraction of sp³-hybridized carbons (Fsp3) is 0.238. The zero-order valence-electron chi connectivity index (χ0n) is 15.4. The van der Waals surface area contributed by atoms with Gasteiger partial charge in [-0.15, -0.1) is 0 Å². The fourth-order valence-corrected chi connectivity index (χ4v) is 3.91. The van der Waals surface area contributed by atoms with Gasteiger partial charge in [-0.25, -0.2) is 0 Å². The molecule has 0 atom stereocenters. The van der Waals surface area contributed by atoms with E-state index < -0.39 is 5.91 Å². The van der Waals surface area contributed by atoms with Crippen molar-refractivity contribution in [3.8, 4) is 11.8 Å². The molecule has 0 aliphatic carbocycles. The van der Waals surface area contributed by atoms with E-state index in [2.05, 4.69) is 37.2 Å². The topological polar surface area (TPSA) is 62.1 Å². The zero-order chi connectivity index (χ0) is 20.0. The standard InChI is InChI=1S/C21H20Br2N2O2/c1-4-7-27-20-17(22)10-15(11-18(20)23)9-16(12-24)21(26)25-19-6-5-13(2)8-14(19)3/h5-6,8-11H,4,7H2,1-3H3,(H,25,26)/b16-9+. The summed E-state index contributed by atoms with van der Waals surface area (Å²) in [6, 6.07) is 11.3. The highest BCUT2D eigenvalue weighted by molar-refractivity contribution is 9.11. The number of benzene rings is 2. The lowest BCUT2D eigenvalue weighted by atomic mass is 10.1. The van der Waals surface area contributed by atoms with E-state index in [-0.39, 0.29) is 5.57 Å². The molecule has 27 heavy (non-hydrogen) atoms. The Bertz CT molecular complexity index is 907. The molecule has 0 aliphatic heterocycles. The van der Waals surface area contributed by atoms with Crippen LogP contribution in [-0.4, -0.2) is 12.5 Å². The first kappa shape index (κ1) is 21.2. The molecule has 0 aliphatic rings. The van der Waals surface area contributed by atoms with Crippen molar-refractivity contribution in [2.24, 2.45) is 0 Å². The second kappa shape index (κ2) is 9.72. The third-order valence-electron chi connectivity index (χ3n) is 3.78. The molecule has 2 aromatic carbocycles. The summed E-state index contributed by atoms with van der Waals surface area (Å²) in [6.07, 6.45) is 2.45. The maximum absolute atomic E-state index is 12.5. The van der Waals surface area contributed by atoms with Crippen LogP contribution in [0.5, 0.6) is 5.75 Å². The van der Waals surface area contributed by atoms with Gasteiger partial charge < -0.3 is 10.1 Å². The lowest BCUT2D eigenvalue weighted by Gasteiger charge is -2.11. The van der Waals surface area contributed by atoms with E-state index in [4.69, 9.17) is 4.74 Å². The van der Waals surface area contributed by atoms with Gasteiger partial charge in [0.25, 0.3) is 5.91 Å². The van der Waals surface area contributed by atoms with Crippen LogP contribution in [0.15, 0.2) is 44.9 Å². The smallest absolute Gasteiger partial charge is 0.266 e. The molecular weight excluding hydrogens is 472 g/mol. The first-order valence-corrected chi connectivity index (χ1v) is 10.1. The lowest BCUT2D eigenvalue weighted by molar-refractivity contribution is -0.112. The predicted molar refractivity (Wildman–Crippen MR) is 116 cm³/mol. The maximum atomic E-state index is 12.5. The number of hydrogen-bond acceptors (Lipinski definition) is 3. The first-order valence-electron chi connectivity index (χ1n) is 8.48. The van der Waals surface area contributed by atoms with E-state index in [1.54, 1.807) is 6.08 Å². The monoisotopic (exact) mass is 490 g/mol. The molecule has 0 saturated carbocycles. The number of rotatable bonds is 6. The van der Waals surface area contributed by atoms with Crippen molar-refractivity contribution in [1.29, 1.82) is 5.26 Å². The number of anilines is 1. The molecule has 1 amide bonds. The van der Waals surface area contributed by atoms with Crippen molar-refractivity contribution in [2.45, 2.75) is 27.2 Å². The van der Waals surface area contributed by atoms with Gasteiger partial charge in [0.15, 0.2) is 0 Å². The number of amides is 1. The van der Waals surface area contributed by atoms with E-state index in [9.17, 15) is 10.1 Å². The number of nitrogens with one attached hydrogen (secondary N) is 1. The van der Waals surface area contributed by atoms with Crippen molar-refractivity contribution < 1.29 is 9.53 Å². The maximum Gasteiger partial charge on any atom is 0.266 e. The number of nitrogens with zero attached hydrogens (tertiary/aromatic N) is 1. The van der Waals surface area contributed by atoms with Crippen LogP contribution in [0.25, 0.3) is 6.08 Å².